The smallest absolute Gasteiger partial charge is 0.317 e. The molecule has 1 N–H and O–H groups in total. The van der Waals surface area contributed by atoms with Crippen LogP contribution in [-0.2, 0) is 19.7 Å². The highest BCUT2D eigenvalue weighted by atomic mass is 16.5. The number of nitrogens with one attached hydrogen (secondary N) is 1. The van der Waals surface area contributed by atoms with E-state index in [0.717, 1.165) is 31.2 Å². The van der Waals surface area contributed by atoms with Crippen molar-refractivity contribution in [3.05, 3.63) is 54.1 Å². The van der Waals surface area contributed by atoms with E-state index >= 15 is 0 Å². The number of amides is 1. The molecular weight excluding hydrogens is 370 g/mol. The number of hydrogen-bond donors (Lipinski definition) is 1. The topological polar surface area (TPSA) is 73.9 Å². The summed E-state index contributed by atoms with van der Waals surface area (Å²) in [6.45, 7) is 1.58. The molecule has 0 radical (unpaired) electrons. The van der Waals surface area contributed by atoms with E-state index in [9.17, 15) is 9.59 Å². The molecule has 1 saturated carbocycles. The maximum atomic E-state index is 13.1. The van der Waals surface area contributed by atoms with Crippen LogP contribution in [0, 0.1) is 0 Å². The summed E-state index contributed by atoms with van der Waals surface area (Å²) in [5.74, 6) is 0.360. The Labute approximate surface area is 171 Å². The van der Waals surface area contributed by atoms with Crippen LogP contribution in [0.3, 0.4) is 0 Å². The third-order valence-electron chi connectivity index (χ3n) is 5.45. The monoisotopic (exact) mass is 397 g/mol. The van der Waals surface area contributed by atoms with Crippen LogP contribution >= 0.6 is 0 Å². The average Bonchev–Trinajstić information content (AvgIpc) is 3.25. The van der Waals surface area contributed by atoms with Gasteiger partial charge in [-0.15, -0.1) is 0 Å². The van der Waals surface area contributed by atoms with E-state index < -0.39 is 17.4 Å². The zero-order valence-electron chi connectivity index (χ0n) is 17.1. The lowest BCUT2D eigenvalue weighted by Gasteiger charge is -2.28. The molecule has 0 bridgehead atoms. The molecule has 6 heteroatoms. The van der Waals surface area contributed by atoms with Gasteiger partial charge >= 0.3 is 5.97 Å². The number of anilines is 1. The molecule has 1 amide bonds. The van der Waals surface area contributed by atoms with Crippen LogP contribution in [0.15, 0.2) is 48.5 Å². The number of ether oxygens (including phenoxy) is 3. The number of hydrogen-bond acceptors (Lipinski definition) is 5. The van der Waals surface area contributed by atoms with Gasteiger partial charge in [-0.25, -0.2) is 0 Å². The normalized spacial score (nSPS) is 16.0. The SMILES string of the molecule is COc1cc(NC(=O)C(C)OC(=O)C2(c3ccccc3)CCCC2)cc(OC)c1. The first-order valence-electron chi connectivity index (χ1n) is 9.79. The van der Waals surface area contributed by atoms with E-state index in [4.69, 9.17) is 14.2 Å². The molecule has 1 fully saturated rings. The second-order valence-electron chi connectivity index (χ2n) is 7.29. The van der Waals surface area contributed by atoms with E-state index in [1.54, 1.807) is 25.1 Å². The number of carbonyl (C=O) groups excluding carboxylic acids is 2. The third-order valence-corrected chi connectivity index (χ3v) is 5.45. The Balaban J connectivity index is 1.71. The van der Waals surface area contributed by atoms with Crippen molar-refractivity contribution < 1.29 is 23.8 Å². The van der Waals surface area contributed by atoms with E-state index in [1.165, 1.54) is 14.2 Å². The minimum atomic E-state index is -0.930. The maximum absolute atomic E-state index is 13.1. The van der Waals surface area contributed by atoms with Crippen molar-refractivity contribution in [3.8, 4) is 11.5 Å². The highest BCUT2D eigenvalue weighted by molar-refractivity contribution is 5.96. The summed E-state index contributed by atoms with van der Waals surface area (Å²) in [4.78, 5) is 25.7. The van der Waals surface area contributed by atoms with Gasteiger partial charge in [-0.2, -0.15) is 0 Å². The number of methoxy groups -OCH3 is 2. The third kappa shape index (κ3) is 4.53. The number of carbonyl (C=O) groups is 2. The van der Waals surface area contributed by atoms with Crippen molar-refractivity contribution in [2.24, 2.45) is 0 Å². The Morgan fingerprint density at radius 2 is 1.55 bits per heavy atom. The van der Waals surface area contributed by atoms with Gasteiger partial charge in [0.05, 0.1) is 19.6 Å². The molecule has 6 nitrogen and oxygen atoms in total. The Kier molecular flexibility index (Phi) is 6.42. The van der Waals surface area contributed by atoms with E-state index in [0.29, 0.717) is 17.2 Å². The highest BCUT2D eigenvalue weighted by Crippen LogP contribution is 2.42. The van der Waals surface area contributed by atoms with Crippen LogP contribution in [0.4, 0.5) is 5.69 Å². The van der Waals surface area contributed by atoms with Crippen LogP contribution in [0.25, 0.3) is 0 Å². The summed E-state index contributed by atoms with van der Waals surface area (Å²) in [6.07, 6.45) is 2.47. The minimum absolute atomic E-state index is 0.341. The molecule has 154 valence electrons. The van der Waals surface area contributed by atoms with Crippen molar-refractivity contribution in [2.45, 2.75) is 44.1 Å². The van der Waals surface area contributed by atoms with Gasteiger partial charge in [0, 0.05) is 23.9 Å². The maximum Gasteiger partial charge on any atom is 0.317 e. The average molecular weight is 397 g/mol. The molecule has 1 unspecified atom stereocenters. The number of rotatable bonds is 7. The molecule has 1 atom stereocenters. The Bertz CT molecular complexity index is 837. The molecule has 0 aromatic heterocycles. The summed E-state index contributed by atoms with van der Waals surface area (Å²) >= 11 is 0. The van der Waals surface area contributed by atoms with Gasteiger partial charge in [0.15, 0.2) is 6.10 Å². The fourth-order valence-electron chi connectivity index (χ4n) is 3.80. The predicted octanol–water partition coefficient (Wildman–Crippen LogP) is 4.09. The van der Waals surface area contributed by atoms with Gasteiger partial charge in [-0.3, -0.25) is 9.59 Å². The first-order valence-corrected chi connectivity index (χ1v) is 9.79. The van der Waals surface area contributed by atoms with Crippen molar-refractivity contribution in [1.29, 1.82) is 0 Å². The van der Waals surface area contributed by atoms with Crippen molar-refractivity contribution in [1.82, 2.24) is 0 Å². The molecule has 1 aliphatic rings. The number of esters is 1. The van der Waals surface area contributed by atoms with Crippen LogP contribution in [0.2, 0.25) is 0 Å². The molecular formula is C23H27NO5. The Morgan fingerprint density at radius 1 is 0.966 bits per heavy atom. The molecule has 2 aromatic rings. The zero-order chi connectivity index (χ0) is 20.9. The molecule has 2 aromatic carbocycles. The predicted molar refractivity (Wildman–Crippen MR) is 110 cm³/mol. The second kappa shape index (κ2) is 8.99. The van der Waals surface area contributed by atoms with Gasteiger partial charge in [0.25, 0.3) is 5.91 Å². The van der Waals surface area contributed by atoms with Gasteiger partial charge in [0.1, 0.15) is 11.5 Å². The van der Waals surface area contributed by atoms with Crippen LogP contribution in [0.1, 0.15) is 38.2 Å². The first-order chi connectivity index (χ1) is 14.0. The van der Waals surface area contributed by atoms with Gasteiger partial charge in [0.2, 0.25) is 0 Å². The minimum Gasteiger partial charge on any atom is -0.497 e. The lowest BCUT2D eigenvalue weighted by molar-refractivity contribution is -0.159. The van der Waals surface area contributed by atoms with Crippen LogP contribution in [-0.4, -0.2) is 32.2 Å². The summed E-state index contributed by atoms with van der Waals surface area (Å²) in [5, 5.41) is 2.76. The van der Waals surface area contributed by atoms with Crippen LogP contribution < -0.4 is 14.8 Å². The largest absolute Gasteiger partial charge is 0.497 e. The zero-order valence-corrected chi connectivity index (χ0v) is 17.1. The van der Waals surface area contributed by atoms with Crippen LogP contribution in [0.5, 0.6) is 11.5 Å². The second-order valence-corrected chi connectivity index (χ2v) is 7.29. The summed E-state index contributed by atoms with van der Waals surface area (Å²) < 4.78 is 16.1. The fourth-order valence-corrected chi connectivity index (χ4v) is 3.80. The Hall–Kier alpha value is -3.02. The van der Waals surface area contributed by atoms with Crippen molar-refractivity contribution in [2.75, 3.05) is 19.5 Å². The standard InChI is InChI=1S/C23H27NO5/c1-16(21(25)24-18-13-19(27-2)15-20(14-18)28-3)29-22(26)23(11-7-8-12-23)17-9-5-4-6-10-17/h4-6,9-10,13-16H,7-8,11-12H2,1-3H3,(H,24,25). The van der Waals surface area contributed by atoms with E-state index in [-0.39, 0.29) is 5.97 Å². The summed E-state index contributed by atoms with van der Waals surface area (Å²) in [5.41, 5.74) is 0.787. The van der Waals surface area contributed by atoms with Crippen molar-refractivity contribution in [3.63, 3.8) is 0 Å². The van der Waals surface area contributed by atoms with E-state index in [1.807, 2.05) is 30.3 Å². The molecule has 0 aliphatic heterocycles. The molecule has 29 heavy (non-hydrogen) atoms. The Morgan fingerprint density at radius 3 is 2.10 bits per heavy atom. The van der Waals surface area contributed by atoms with Crippen molar-refractivity contribution >= 4 is 17.6 Å². The molecule has 3 rings (SSSR count). The quantitative estimate of drug-likeness (QED) is 0.713. The molecule has 0 spiro atoms. The lowest BCUT2D eigenvalue weighted by atomic mass is 9.79. The molecule has 0 saturated heterocycles. The first kappa shape index (κ1) is 20.7. The molecule has 1 aliphatic carbocycles. The number of benzene rings is 2. The van der Waals surface area contributed by atoms with Gasteiger partial charge in [-0.05, 0) is 25.3 Å². The van der Waals surface area contributed by atoms with Gasteiger partial charge in [-0.1, -0.05) is 43.2 Å². The fraction of sp³-hybridized carbons (Fsp3) is 0.391. The van der Waals surface area contributed by atoms with Gasteiger partial charge < -0.3 is 19.5 Å². The lowest BCUT2D eigenvalue weighted by Crippen LogP contribution is -2.39. The summed E-state index contributed by atoms with van der Waals surface area (Å²) in [6, 6.07) is 14.8. The highest BCUT2D eigenvalue weighted by Gasteiger charge is 2.45. The summed E-state index contributed by atoms with van der Waals surface area (Å²) in [7, 11) is 3.07. The van der Waals surface area contributed by atoms with E-state index in [2.05, 4.69) is 5.32 Å². The molecule has 0 heterocycles.